The maximum absolute atomic E-state index is 12.6. The van der Waals surface area contributed by atoms with Gasteiger partial charge in [-0.3, -0.25) is 9.59 Å². The Balaban J connectivity index is 1.64. The molecular formula is C19H25ClN2O2. The molecule has 0 radical (unpaired) electrons. The van der Waals surface area contributed by atoms with E-state index < -0.39 is 0 Å². The van der Waals surface area contributed by atoms with Crippen molar-refractivity contribution >= 4 is 29.1 Å². The van der Waals surface area contributed by atoms with Crippen molar-refractivity contribution in [2.45, 2.75) is 52.0 Å². The predicted molar refractivity (Wildman–Crippen MR) is 96.2 cm³/mol. The summed E-state index contributed by atoms with van der Waals surface area (Å²) in [6.07, 6.45) is 4.71. The minimum atomic E-state index is -0.268. The fraction of sp³-hybridized carbons (Fsp3) is 0.579. The Morgan fingerprint density at radius 1 is 1.25 bits per heavy atom. The third kappa shape index (κ3) is 3.59. The Bertz CT molecular complexity index is 638. The molecular weight excluding hydrogens is 324 g/mol. The molecule has 0 aromatic heterocycles. The monoisotopic (exact) mass is 348 g/mol. The zero-order chi connectivity index (χ0) is 17.3. The van der Waals surface area contributed by atoms with Crippen LogP contribution in [-0.4, -0.2) is 24.4 Å². The van der Waals surface area contributed by atoms with Crippen LogP contribution in [0.4, 0.5) is 5.69 Å². The summed E-state index contributed by atoms with van der Waals surface area (Å²) in [7, 11) is 0. The van der Waals surface area contributed by atoms with Crippen LogP contribution in [0.5, 0.6) is 0 Å². The molecule has 24 heavy (non-hydrogen) atoms. The number of anilines is 1. The SMILES string of the molecule is Cc1c(Cl)cccc1N1C[C@H](C(=O)NC2CCC(C)CC2)CC1=O. The molecule has 4 nitrogen and oxygen atoms in total. The second kappa shape index (κ2) is 7.14. The number of nitrogens with zero attached hydrogens (tertiary/aromatic N) is 1. The summed E-state index contributed by atoms with van der Waals surface area (Å²) >= 11 is 6.16. The van der Waals surface area contributed by atoms with Gasteiger partial charge in [-0.25, -0.2) is 0 Å². The van der Waals surface area contributed by atoms with E-state index in [1.807, 2.05) is 25.1 Å². The summed E-state index contributed by atoms with van der Waals surface area (Å²) < 4.78 is 0. The molecule has 3 rings (SSSR count). The van der Waals surface area contributed by atoms with Crippen LogP contribution in [-0.2, 0) is 9.59 Å². The lowest BCUT2D eigenvalue weighted by Gasteiger charge is -2.28. The van der Waals surface area contributed by atoms with Crippen LogP contribution in [0.25, 0.3) is 0 Å². The zero-order valence-corrected chi connectivity index (χ0v) is 15.1. The number of benzene rings is 1. The largest absolute Gasteiger partial charge is 0.353 e. The molecule has 0 spiro atoms. The predicted octanol–water partition coefficient (Wildman–Crippen LogP) is 3.70. The van der Waals surface area contributed by atoms with Gasteiger partial charge in [-0.1, -0.05) is 24.6 Å². The van der Waals surface area contributed by atoms with Crippen molar-refractivity contribution in [3.63, 3.8) is 0 Å². The van der Waals surface area contributed by atoms with Crippen LogP contribution in [0.1, 0.15) is 44.6 Å². The Hall–Kier alpha value is -1.55. The Kier molecular flexibility index (Phi) is 5.14. The summed E-state index contributed by atoms with van der Waals surface area (Å²) in [6.45, 7) is 4.61. The summed E-state index contributed by atoms with van der Waals surface area (Å²) in [4.78, 5) is 26.6. The van der Waals surface area contributed by atoms with Gasteiger partial charge >= 0.3 is 0 Å². The van der Waals surface area contributed by atoms with Gasteiger partial charge in [0.05, 0.1) is 5.92 Å². The van der Waals surface area contributed by atoms with Gasteiger partial charge < -0.3 is 10.2 Å². The van der Waals surface area contributed by atoms with E-state index in [9.17, 15) is 9.59 Å². The molecule has 1 saturated carbocycles. The molecule has 1 heterocycles. The molecule has 1 aliphatic heterocycles. The van der Waals surface area contributed by atoms with E-state index in [2.05, 4.69) is 12.2 Å². The van der Waals surface area contributed by atoms with Crippen molar-refractivity contribution in [1.29, 1.82) is 0 Å². The van der Waals surface area contributed by atoms with Gasteiger partial charge in [0, 0.05) is 29.7 Å². The normalized spacial score (nSPS) is 27.4. The topological polar surface area (TPSA) is 49.4 Å². The summed E-state index contributed by atoms with van der Waals surface area (Å²) in [5.41, 5.74) is 1.70. The molecule has 1 aromatic carbocycles. The first-order valence-corrected chi connectivity index (χ1v) is 9.19. The minimum absolute atomic E-state index is 0.00205. The van der Waals surface area contributed by atoms with Gasteiger partial charge in [-0.2, -0.15) is 0 Å². The van der Waals surface area contributed by atoms with Gasteiger partial charge in [0.15, 0.2) is 0 Å². The first-order valence-electron chi connectivity index (χ1n) is 8.81. The van der Waals surface area contributed by atoms with Crippen LogP contribution in [0.3, 0.4) is 0 Å². The van der Waals surface area contributed by atoms with E-state index in [4.69, 9.17) is 11.6 Å². The van der Waals surface area contributed by atoms with E-state index in [1.54, 1.807) is 4.90 Å². The van der Waals surface area contributed by atoms with Crippen LogP contribution in [0.15, 0.2) is 18.2 Å². The highest BCUT2D eigenvalue weighted by Gasteiger charge is 2.36. The third-order valence-electron chi connectivity index (χ3n) is 5.39. The lowest BCUT2D eigenvalue weighted by atomic mass is 9.87. The average Bonchev–Trinajstić information content (AvgIpc) is 2.94. The van der Waals surface area contributed by atoms with Crippen molar-refractivity contribution in [2.75, 3.05) is 11.4 Å². The lowest BCUT2D eigenvalue weighted by Crippen LogP contribution is -2.41. The number of carbonyl (C=O) groups is 2. The summed E-state index contributed by atoms with van der Waals surface area (Å²) in [5.74, 6) is 0.505. The highest BCUT2D eigenvalue weighted by Crippen LogP contribution is 2.32. The first kappa shape index (κ1) is 17.3. The molecule has 2 fully saturated rings. The summed E-state index contributed by atoms with van der Waals surface area (Å²) in [6, 6.07) is 5.82. The van der Waals surface area contributed by atoms with Gasteiger partial charge in [0.1, 0.15) is 0 Å². The quantitative estimate of drug-likeness (QED) is 0.905. The molecule has 1 atom stereocenters. The highest BCUT2D eigenvalue weighted by atomic mass is 35.5. The number of halogens is 1. The van der Waals surface area contributed by atoms with Crippen LogP contribution < -0.4 is 10.2 Å². The number of hydrogen-bond donors (Lipinski definition) is 1. The Labute approximate surface area is 148 Å². The minimum Gasteiger partial charge on any atom is -0.353 e. The second-order valence-corrected chi connectivity index (χ2v) is 7.66. The summed E-state index contributed by atoms with van der Waals surface area (Å²) in [5, 5.41) is 3.80. The van der Waals surface area contributed by atoms with Crippen molar-refractivity contribution in [2.24, 2.45) is 11.8 Å². The molecule has 1 saturated heterocycles. The van der Waals surface area contributed by atoms with E-state index in [-0.39, 0.29) is 30.2 Å². The number of carbonyl (C=O) groups excluding carboxylic acids is 2. The Morgan fingerprint density at radius 2 is 1.96 bits per heavy atom. The fourth-order valence-electron chi connectivity index (χ4n) is 3.73. The van der Waals surface area contributed by atoms with E-state index in [0.29, 0.717) is 11.6 Å². The smallest absolute Gasteiger partial charge is 0.227 e. The average molecular weight is 349 g/mol. The zero-order valence-electron chi connectivity index (χ0n) is 14.3. The van der Waals surface area contributed by atoms with Crippen molar-refractivity contribution in [3.8, 4) is 0 Å². The third-order valence-corrected chi connectivity index (χ3v) is 5.80. The van der Waals surface area contributed by atoms with Crippen molar-refractivity contribution in [3.05, 3.63) is 28.8 Å². The maximum Gasteiger partial charge on any atom is 0.227 e. The molecule has 1 N–H and O–H groups in total. The number of hydrogen-bond acceptors (Lipinski definition) is 2. The molecule has 130 valence electrons. The molecule has 0 bridgehead atoms. The number of nitrogens with one attached hydrogen (secondary N) is 1. The van der Waals surface area contributed by atoms with E-state index in [0.717, 1.165) is 30.0 Å². The van der Waals surface area contributed by atoms with Crippen molar-refractivity contribution < 1.29 is 9.59 Å². The molecule has 5 heteroatoms. The van der Waals surface area contributed by atoms with Gasteiger partial charge in [0.25, 0.3) is 0 Å². The Morgan fingerprint density at radius 3 is 2.67 bits per heavy atom. The number of amides is 2. The second-order valence-electron chi connectivity index (χ2n) is 7.25. The van der Waals surface area contributed by atoms with E-state index >= 15 is 0 Å². The maximum atomic E-state index is 12.6. The van der Waals surface area contributed by atoms with Gasteiger partial charge in [-0.05, 0) is 56.2 Å². The molecule has 2 amide bonds. The molecule has 2 aliphatic rings. The van der Waals surface area contributed by atoms with E-state index in [1.165, 1.54) is 12.8 Å². The standard InChI is InChI=1S/C19H25ClN2O2/c1-12-6-8-15(9-7-12)21-19(24)14-10-18(23)22(11-14)17-5-3-4-16(20)13(17)2/h3-5,12,14-15H,6-11H2,1-2H3,(H,21,24)/t12?,14-,15?/m1/s1. The fourth-order valence-corrected chi connectivity index (χ4v) is 3.90. The van der Waals surface area contributed by atoms with Gasteiger partial charge in [-0.15, -0.1) is 0 Å². The molecule has 1 aliphatic carbocycles. The van der Waals surface area contributed by atoms with Crippen LogP contribution in [0.2, 0.25) is 5.02 Å². The molecule has 1 aromatic rings. The molecule has 0 unspecified atom stereocenters. The first-order chi connectivity index (χ1) is 11.5. The highest BCUT2D eigenvalue weighted by molar-refractivity contribution is 6.31. The van der Waals surface area contributed by atoms with Crippen LogP contribution in [0, 0.1) is 18.8 Å². The lowest BCUT2D eigenvalue weighted by molar-refractivity contribution is -0.127. The van der Waals surface area contributed by atoms with Crippen LogP contribution >= 0.6 is 11.6 Å². The van der Waals surface area contributed by atoms with Crippen molar-refractivity contribution in [1.82, 2.24) is 5.32 Å². The number of rotatable bonds is 3. The van der Waals surface area contributed by atoms with Gasteiger partial charge in [0.2, 0.25) is 11.8 Å².